The molecule has 0 bridgehead atoms. The summed E-state index contributed by atoms with van der Waals surface area (Å²) in [5, 5.41) is 0. The van der Waals surface area contributed by atoms with Crippen LogP contribution in [0.5, 0.6) is 5.75 Å². The number of nitrogens with zero attached hydrogens (tertiary/aromatic N) is 3. The molecule has 2 heterocycles. The van der Waals surface area contributed by atoms with Gasteiger partial charge in [0.25, 0.3) is 0 Å². The van der Waals surface area contributed by atoms with E-state index >= 15 is 0 Å². The first kappa shape index (κ1) is 19.2. The third-order valence-electron chi connectivity index (χ3n) is 2.65. The van der Waals surface area contributed by atoms with Crippen LogP contribution in [-0.4, -0.2) is 22.1 Å². The Kier molecular flexibility index (Phi) is 6.15. The second-order valence-corrected chi connectivity index (χ2v) is 8.91. The molecule has 2 aromatic rings. The van der Waals surface area contributed by atoms with Gasteiger partial charge in [0, 0.05) is 18.9 Å². The van der Waals surface area contributed by atoms with Gasteiger partial charge in [-0.1, -0.05) is 69.6 Å². The molecule has 0 unspecified atom stereocenters. The lowest BCUT2D eigenvalue weighted by Gasteiger charge is -2.15. The fourth-order valence-corrected chi connectivity index (χ4v) is 2.13. The molecule has 0 aliphatic carbocycles. The second-order valence-electron chi connectivity index (χ2n) is 4.35. The summed E-state index contributed by atoms with van der Waals surface area (Å²) in [4.78, 5) is 12.1. The average molecular weight is 440 g/mol. The molecule has 0 atom stereocenters. The molecule has 0 amide bonds. The molecular weight excluding hydrogens is 431 g/mol. The molecule has 2 aromatic heterocycles. The average Bonchev–Trinajstić information content (AvgIpc) is 2.91. The maximum atomic E-state index is 5.81. The number of aromatic nitrogens is 3. The molecule has 0 aliphatic rings. The molecule has 126 valence electrons. The summed E-state index contributed by atoms with van der Waals surface area (Å²) < 4.78 is 6.62. The van der Waals surface area contributed by atoms with Crippen molar-refractivity contribution in [1.29, 1.82) is 0 Å². The zero-order chi connectivity index (χ0) is 17.3. The van der Waals surface area contributed by atoms with E-state index < -0.39 is 7.59 Å². The zero-order valence-electron chi connectivity index (χ0n) is 11.5. The topological polar surface area (TPSA) is 61.0 Å². The minimum atomic E-state index is -1.86. The monoisotopic (exact) mass is 437 g/mol. The molecule has 0 saturated carbocycles. The number of furan rings is 1. The number of hydrogen-bond acceptors (Lipinski definition) is 5. The van der Waals surface area contributed by atoms with Crippen molar-refractivity contribution in [3.05, 3.63) is 35.6 Å². The molecule has 11 heteroatoms. The van der Waals surface area contributed by atoms with Crippen molar-refractivity contribution >= 4 is 69.6 Å². The highest BCUT2D eigenvalue weighted by atomic mass is 35.6. The SMILES string of the molecule is COc1coc(CCc2nc(C(Cl)(Cl)Cl)nc(C(Cl)(Cl)Cl)n2)c1. The first-order valence-electron chi connectivity index (χ1n) is 6.10. The van der Waals surface area contributed by atoms with Gasteiger partial charge in [0.05, 0.1) is 7.11 Å². The quantitative estimate of drug-likeness (QED) is 0.633. The van der Waals surface area contributed by atoms with Crippen LogP contribution in [0.25, 0.3) is 0 Å². The van der Waals surface area contributed by atoms with Crippen molar-refractivity contribution < 1.29 is 9.15 Å². The van der Waals surface area contributed by atoms with E-state index in [-0.39, 0.29) is 11.6 Å². The van der Waals surface area contributed by atoms with Gasteiger partial charge in [0.15, 0.2) is 17.4 Å². The van der Waals surface area contributed by atoms with Crippen molar-refractivity contribution in [3.8, 4) is 5.75 Å². The van der Waals surface area contributed by atoms with Gasteiger partial charge in [-0.25, -0.2) is 15.0 Å². The summed E-state index contributed by atoms with van der Waals surface area (Å²) in [6, 6.07) is 1.74. The van der Waals surface area contributed by atoms with Gasteiger partial charge in [-0.3, -0.25) is 0 Å². The van der Waals surface area contributed by atoms with Gasteiger partial charge in [0.1, 0.15) is 17.8 Å². The normalized spacial score (nSPS) is 12.5. The standard InChI is InChI=1S/C12H9Cl6N3O2/c1-22-7-4-6(23-5-7)2-3-8-19-9(11(13,14)15)21-10(20-8)12(16,17)18/h4-5H,2-3H2,1H3. The Labute approximate surface area is 162 Å². The van der Waals surface area contributed by atoms with E-state index in [0.29, 0.717) is 30.2 Å². The molecular formula is C12H9Cl6N3O2. The van der Waals surface area contributed by atoms with Crippen LogP contribution in [0.1, 0.15) is 23.2 Å². The van der Waals surface area contributed by atoms with Crippen molar-refractivity contribution in [1.82, 2.24) is 15.0 Å². The summed E-state index contributed by atoms with van der Waals surface area (Å²) in [6.45, 7) is 0. The fraction of sp³-hybridized carbons (Fsp3) is 0.417. The number of halogens is 6. The molecule has 23 heavy (non-hydrogen) atoms. The first-order valence-corrected chi connectivity index (χ1v) is 8.37. The minimum absolute atomic E-state index is 0.120. The Bertz CT molecular complexity index is 648. The highest BCUT2D eigenvalue weighted by Gasteiger charge is 2.33. The van der Waals surface area contributed by atoms with Gasteiger partial charge in [-0.2, -0.15) is 0 Å². The van der Waals surface area contributed by atoms with Crippen LogP contribution in [0, 0.1) is 0 Å². The molecule has 0 radical (unpaired) electrons. The van der Waals surface area contributed by atoms with Crippen molar-refractivity contribution in [2.75, 3.05) is 7.11 Å². The predicted octanol–water partition coefficient (Wildman–Crippen LogP) is 4.91. The molecule has 5 nitrogen and oxygen atoms in total. The number of aryl methyl sites for hydroxylation is 2. The van der Waals surface area contributed by atoms with E-state index in [0.717, 1.165) is 0 Å². The van der Waals surface area contributed by atoms with E-state index in [1.165, 1.54) is 6.26 Å². The lowest BCUT2D eigenvalue weighted by atomic mass is 10.2. The molecule has 0 saturated heterocycles. The summed E-state index contributed by atoms with van der Waals surface area (Å²) in [6.07, 6.45) is 2.33. The van der Waals surface area contributed by atoms with E-state index in [2.05, 4.69) is 15.0 Å². The van der Waals surface area contributed by atoms with E-state index in [1.54, 1.807) is 13.2 Å². The van der Waals surface area contributed by atoms with Gasteiger partial charge >= 0.3 is 0 Å². The fourth-order valence-electron chi connectivity index (χ4n) is 1.62. The van der Waals surface area contributed by atoms with Crippen LogP contribution in [-0.2, 0) is 20.4 Å². The van der Waals surface area contributed by atoms with Crippen LogP contribution in [0.2, 0.25) is 0 Å². The highest BCUT2D eigenvalue weighted by molar-refractivity contribution is 6.67. The van der Waals surface area contributed by atoms with Crippen molar-refractivity contribution in [3.63, 3.8) is 0 Å². The van der Waals surface area contributed by atoms with Gasteiger partial charge < -0.3 is 9.15 Å². The largest absolute Gasteiger partial charge is 0.493 e. The Morgan fingerprint density at radius 3 is 1.96 bits per heavy atom. The smallest absolute Gasteiger partial charge is 0.250 e. The molecule has 2 rings (SSSR count). The van der Waals surface area contributed by atoms with Crippen LogP contribution in [0.4, 0.5) is 0 Å². The van der Waals surface area contributed by atoms with Gasteiger partial charge in [0.2, 0.25) is 7.59 Å². The maximum Gasteiger partial charge on any atom is 0.250 e. The number of methoxy groups -OCH3 is 1. The van der Waals surface area contributed by atoms with Gasteiger partial charge in [-0.05, 0) is 0 Å². The lowest BCUT2D eigenvalue weighted by Crippen LogP contribution is -2.18. The van der Waals surface area contributed by atoms with Crippen molar-refractivity contribution in [2.24, 2.45) is 0 Å². The molecule has 0 aliphatic heterocycles. The molecule has 0 N–H and O–H groups in total. The number of ether oxygens (including phenoxy) is 1. The first-order chi connectivity index (χ1) is 10.6. The Morgan fingerprint density at radius 2 is 1.52 bits per heavy atom. The van der Waals surface area contributed by atoms with E-state index in [4.69, 9.17) is 78.8 Å². The Morgan fingerprint density at radius 1 is 0.957 bits per heavy atom. The van der Waals surface area contributed by atoms with E-state index in [9.17, 15) is 0 Å². The third-order valence-corrected chi connectivity index (χ3v) is 3.66. The molecule has 0 aromatic carbocycles. The van der Waals surface area contributed by atoms with Crippen LogP contribution < -0.4 is 4.74 Å². The zero-order valence-corrected chi connectivity index (χ0v) is 16.0. The molecule has 0 spiro atoms. The van der Waals surface area contributed by atoms with Crippen molar-refractivity contribution in [2.45, 2.75) is 20.4 Å². The molecule has 0 fully saturated rings. The summed E-state index contributed by atoms with van der Waals surface area (Å²) >= 11 is 34.8. The summed E-state index contributed by atoms with van der Waals surface area (Å²) in [5.41, 5.74) is 0. The lowest BCUT2D eigenvalue weighted by molar-refractivity contribution is 0.404. The number of hydrogen-bond donors (Lipinski definition) is 0. The van der Waals surface area contributed by atoms with Crippen LogP contribution in [0.3, 0.4) is 0 Å². The van der Waals surface area contributed by atoms with Crippen LogP contribution in [0.15, 0.2) is 16.7 Å². The van der Waals surface area contributed by atoms with E-state index in [1.807, 2.05) is 0 Å². The number of alkyl halides is 6. The Hall–Kier alpha value is -0.170. The minimum Gasteiger partial charge on any atom is -0.493 e. The van der Waals surface area contributed by atoms with Crippen LogP contribution >= 0.6 is 69.6 Å². The Balaban J connectivity index is 2.26. The number of rotatable bonds is 4. The van der Waals surface area contributed by atoms with Gasteiger partial charge in [-0.15, -0.1) is 0 Å². The third kappa shape index (κ3) is 5.41. The maximum absolute atomic E-state index is 5.81. The second kappa shape index (κ2) is 7.38. The summed E-state index contributed by atoms with van der Waals surface area (Å²) in [7, 11) is 1.54. The summed E-state index contributed by atoms with van der Waals surface area (Å²) in [5.74, 6) is 1.35. The predicted molar refractivity (Wildman–Crippen MR) is 91.0 cm³/mol. The highest BCUT2D eigenvalue weighted by Crippen LogP contribution is 2.39.